The lowest BCUT2D eigenvalue weighted by atomic mass is 9.92. The lowest BCUT2D eigenvalue weighted by Gasteiger charge is -2.41. The molecule has 3 rings (SSSR count). The van der Waals surface area contributed by atoms with Crippen LogP contribution in [0, 0.1) is 6.92 Å². The van der Waals surface area contributed by atoms with Gasteiger partial charge in [-0.3, -0.25) is 4.79 Å². The Bertz CT molecular complexity index is 708. The van der Waals surface area contributed by atoms with E-state index >= 15 is 0 Å². The van der Waals surface area contributed by atoms with E-state index in [4.69, 9.17) is 0 Å². The van der Waals surface area contributed by atoms with Gasteiger partial charge in [0.2, 0.25) is 5.91 Å². The van der Waals surface area contributed by atoms with E-state index in [1.54, 1.807) is 16.2 Å². The number of carbonyl (C=O) groups is 1. The van der Waals surface area contributed by atoms with Gasteiger partial charge in [0.05, 0.1) is 5.01 Å². The van der Waals surface area contributed by atoms with Gasteiger partial charge in [0.1, 0.15) is 0 Å². The van der Waals surface area contributed by atoms with Gasteiger partial charge in [-0.2, -0.15) is 0 Å². The van der Waals surface area contributed by atoms with Crippen LogP contribution in [0.1, 0.15) is 42.3 Å². The number of aromatic nitrogens is 1. The Morgan fingerprint density at radius 3 is 2.71 bits per heavy atom. The van der Waals surface area contributed by atoms with Crippen molar-refractivity contribution in [3.63, 3.8) is 0 Å². The highest BCUT2D eigenvalue weighted by Gasteiger charge is 2.51. The number of aryl methyl sites for hydroxylation is 1. The minimum absolute atomic E-state index is 0.204. The number of nitrogens with zero attached hydrogens (tertiary/aromatic N) is 2. The van der Waals surface area contributed by atoms with Gasteiger partial charge in [0, 0.05) is 36.3 Å². The van der Waals surface area contributed by atoms with Crippen LogP contribution in [0.4, 0.5) is 0 Å². The molecule has 8 heteroatoms. The summed E-state index contributed by atoms with van der Waals surface area (Å²) in [6.07, 6.45) is 3.84. The van der Waals surface area contributed by atoms with Gasteiger partial charge in [0.15, 0.2) is 14.6 Å². The fourth-order valence-corrected chi connectivity index (χ4v) is 6.10. The minimum Gasteiger partial charge on any atom is -0.341 e. The zero-order chi connectivity index (χ0) is 17.4. The first kappa shape index (κ1) is 17.8. The number of likely N-dealkylation sites (tertiary alicyclic amines) is 1. The molecule has 1 aromatic rings. The molecule has 0 bridgehead atoms. The van der Waals surface area contributed by atoms with Gasteiger partial charge in [-0.15, -0.1) is 11.3 Å². The Morgan fingerprint density at radius 2 is 2.12 bits per heavy atom. The lowest BCUT2D eigenvalue weighted by molar-refractivity contribution is -0.136. The second-order valence-electron chi connectivity index (χ2n) is 6.93. The molecule has 0 saturated carbocycles. The van der Waals surface area contributed by atoms with Crippen molar-refractivity contribution >= 4 is 27.1 Å². The summed E-state index contributed by atoms with van der Waals surface area (Å²) in [6.45, 7) is 4.34. The summed E-state index contributed by atoms with van der Waals surface area (Å²) in [5, 5.41) is 6.25. The Labute approximate surface area is 147 Å². The molecular weight excluding hydrogens is 346 g/mol. The molecular formula is C16H25N3O3S2. The predicted molar refractivity (Wildman–Crippen MR) is 95.1 cm³/mol. The van der Waals surface area contributed by atoms with Gasteiger partial charge in [-0.05, 0) is 45.7 Å². The minimum atomic E-state index is -3.46. The number of hydrogen-bond acceptors (Lipinski definition) is 6. The highest BCUT2D eigenvalue weighted by atomic mass is 32.2. The van der Waals surface area contributed by atoms with Crippen molar-refractivity contribution < 1.29 is 13.2 Å². The summed E-state index contributed by atoms with van der Waals surface area (Å²) >= 11 is 1.63. The summed E-state index contributed by atoms with van der Waals surface area (Å²) in [6, 6.07) is 0. The molecule has 2 aliphatic heterocycles. The van der Waals surface area contributed by atoms with Crippen molar-refractivity contribution in [2.24, 2.45) is 0 Å². The van der Waals surface area contributed by atoms with Crippen LogP contribution in [0.25, 0.3) is 0 Å². The van der Waals surface area contributed by atoms with Crippen molar-refractivity contribution in [1.29, 1.82) is 0 Å². The average molecular weight is 372 g/mol. The molecule has 134 valence electrons. The van der Waals surface area contributed by atoms with Crippen LogP contribution in [0.3, 0.4) is 0 Å². The fraction of sp³-hybridized carbons (Fsp3) is 0.750. The fourth-order valence-electron chi connectivity index (χ4n) is 3.78. The summed E-state index contributed by atoms with van der Waals surface area (Å²) in [4.78, 5) is 19.5. The van der Waals surface area contributed by atoms with Crippen LogP contribution in [-0.4, -0.2) is 61.4 Å². The molecule has 2 aliphatic rings. The molecule has 0 spiro atoms. The molecule has 2 saturated heterocycles. The SMILES string of the molecule is Cc1csc(C2CCCN(C(=O)C3(S(C)(=O)=O)CCNCC3)C2)n1. The van der Waals surface area contributed by atoms with E-state index < -0.39 is 14.6 Å². The standard InChI is InChI=1S/C16H25N3O3S2/c1-12-11-23-14(18-12)13-4-3-9-19(10-13)15(20)16(24(2,21)22)5-7-17-8-6-16/h11,13,17H,3-10H2,1-2H3. The van der Waals surface area contributed by atoms with Gasteiger partial charge in [-0.1, -0.05) is 0 Å². The van der Waals surface area contributed by atoms with E-state index in [0.717, 1.165) is 23.5 Å². The zero-order valence-corrected chi connectivity index (χ0v) is 15.9. The number of rotatable bonds is 3. The Hall–Kier alpha value is -0.990. The smallest absolute Gasteiger partial charge is 0.244 e. The first-order valence-corrected chi connectivity index (χ1v) is 11.2. The summed E-state index contributed by atoms with van der Waals surface area (Å²) in [7, 11) is -3.46. The van der Waals surface area contributed by atoms with E-state index in [-0.39, 0.29) is 11.8 Å². The maximum atomic E-state index is 13.2. The first-order chi connectivity index (χ1) is 11.3. The molecule has 24 heavy (non-hydrogen) atoms. The zero-order valence-electron chi connectivity index (χ0n) is 14.2. The van der Waals surface area contributed by atoms with Crippen LogP contribution in [0.2, 0.25) is 0 Å². The van der Waals surface area contributed by atoms with E-state index in [2.05, 4.69) is 10.3 Å². The number of hydrogen-bond donors (Lipinski definition) is 1. The molecule has 6 nitrogen and oxygen atoms in total. The molecule has 1 N–H and O–H groups in total. The molecule has 1 amide bonds. The molecule has 0 radical (unpaired) electrons. The van der Waals surface area contributed by atoms with Crippen LogP contribution in [0.15, 0.2) is 5.38 Å². The van der Waals surface area contributed by atoms with Crippen LogP contribution in [-0.2, 0) is 14.6 Å². The van der Waals surface area contributed by atoms with E-state index in [9.17, 15) is 13.2 Å². The molecule has 1 atom stereocenters. The Balaban J connectivity index is 1.82. The third-order valence-corrected chi connectivity index (χ3v) is 8.33. The first-order valence-electron chi connectivity index (χ1n) is 8.45. The number of piperidine rings is 2. The predicted octanol–water partition coefficient (Wildman–Crippen LogP) is 1.32. The summed E-state index contributed by atoms with van der Waals surface area (Å²) < 4.78 is 23.7. The second kappa shape index (κ2) is 6.72. The Kier molecular flexibility index (Phi) is 4.99. The average Bonchev–Trinajstić information content (AvgIpc) is 3.00. The van der Waals surface area contributed by atoms with E-state index in [0.29, 0.717) is 39.0 Å². The number of sulfone groups is 1. The van der Waals surface area contributed by atoms with Crippen molar-refractivity contribution in [3.8, 4) is 0 Å². The summed E-state index contributed by atoms with van der Waals surface area (Å²) in [5.41, 5.74) is 1.00. The molecule has 0 aliphatic carbocycles. The van der Waals surface area contributed by atoms with Gasteiger partial charge in [-0.25, -0.2) is 13.4 Å². The van der Waals surface area contributed by atoms with Crippen molar-refractivity contribution in [1.82, 2.24) is 15.2 Å². The number of thiazole rings is 1. The van der Waals surface area contributed by atoms with Gasteiger partial charge < -0.3 is 10.2 Å². The normalized spacial score (nSPS) is 24.8. The number of carbonyl (C=O) groups excluding carboxylic acids is 1. The van der Waals surface area contributed by atoms with E-state index in [1.165, 1.54) is 6.26 Å². The third-order valence-electron chi connectivity index (χ3n) is 5.21. The van der Waals surface area contributed by atoms with Crippen molar-refractivity contribution in [2.45, 2.75) is 43.3 Å². The van der Waals surface area contributed by atoms with Gasteiger partial charge >= 0.3 is 0 Å². The number of nitrogens with one attached hydrogen (secondary N) is 1. The van der Waals surface area contributed by atoms with E-state index in [1.807, 2.05) is 12.3 Å². The van der Waals surface area contributed by atoms with Crippen molar-refractivity contribution in [3.05, 3.63) is 16.1 Å². The molecule has 2 fully saturated rings. The monoisotopic (exact) mass is 371 g/mol. The van der Waals surface area contributed by atoms with Crippen LogP contribution >= 0.6 is 11.3 Å². The summed E-state index contributed by atoms with van der Waals surface area (Å²) in [5.74, 6) is 0.0178. The second-order valence-corrected chi connectivity index (χ2v) is 10.1. The van der Waals surface area contributed by atoms with Gasteiger partial charge in [0.25, 0.3) is 0 Å². The third kappa shape index (κ3) is 3.23. The lowest BCUT2D eigenvalue weighted by Crippen LogP contribution is -2.59. The van der Waals surface area contributed by atoms with Crippen LogP contribution in [0.5, 0.6) is 0 Å². The maximum Gasteiger partial charge on any atom is 0.244 e. The highest BCUT2D eigenvalue weighted by Crippen LogP contribution is 2.34. The molecule has 0 aromatic carbocycles. The largest absolute Gasteiger partial charge is 0.341 e. The molecule has 3 heterocycles. The topological polar surface area (TPSA) is 79.4 Å². The van der Waals surface area contributed by atoms with Crippen LogP contribution < -0.4 is 5.32 Å². The number of amides is 1. The Morgan fingerprint density at radius 1 is 1.42 bits per heavy atom. The molecule has 1 unspecified atom stereocenters. The maximum absolute atomic E-state index is 13.2. The molecule has 1 aromatic heterocycles. The highest BCUT2D eigenvalue weighted by molar-refractivity contribution is 7.92. The van der Waals surface area contributed by atoms with Crippen molar-refractivity contribution in [2.75, 3.05) is 32.4 Å². The quantitative estimate of drug-likeness (QED) is 0.867.